The molecule has 0 fully saturated rings. The summed E-state index contributed by atoms with van der Waals surface area (Å²) < 4.78 is 16.7. The van der Waals surface area contributed by atoms with E-state index in [1.165, 1.54) is 44.9 Å². The van der Waals surface area contributed by atoms with E-state index in [1.807, 2.05) is 24.3 Å². The van der Waals surface area contributed by atoms with Crippen molar-refractivity contribution in [3.63, 3.8) is 0 Å². The fourth-order valence-electron chi connectivity index (χ4n) is 4.27. The van der Waals surface area contributed by atoms with Gasteiger partial charge in [0.2, 0.25) is 6.29 Å². The van der Waals surface area contributed by atoms with Crippen LogP contribution in [0.25, 0.3) is 11.4 Å². The molecule has 1 heterocycles. The maximum absolute atomic E-state index is 12.2. The first-order chi connectivity index (χ1) is 18.7. The minimum absolute atomic E-state index is 0.0439. The summed E-state index contributed by atoms with van der Waals surface area (Å²) in [5, 5.41) is 14.0. The van der Waals surface area contributed by atoms with Crippen LogP contribution in [0.15, 0.2) is 24.3 Å². The largest absolute Gasteiger partial charge is 0.490 e. The molecule has 1 radical (unpaired) electrons. The van der Waals surface area contributed by atoms with E-state index >= 15 is 0 Å². The summed E-state index contributed by atoms with van der Waals surface area (Å²) in [6.45, 7) is 3.31. The molecule has 0 aliphatic heterocycles. The van der Waals surface area contributed by atoms with Crippen LogP contribution >= 0.6 is 0 Å². The Labute approximate surface area is 227 Å². The molecule has 0 saturated carbocycles. The van der Waals surface area contributed by atoms with E-state index in [0.29, 0.717) is 38.5 Å². The van der Waals surface area contributed by atoms with Gasteiger partial charge >= 0.3 is 0 Å². The first-order valence-corrected chi connectivity index (χ1v) is 14.3. The molecular formula is C29H45N4O5. The van der Waals surface area contributed by atoms with Crippen LogP contribution in [-0.2, 0) is 19.1 Å². The van der Waals surface area contributed by atoms with Gasteiger partial charge in [-0.25, -0.2) is 5.10 Å². The molecule has 38 heavy (non-hydrogen) atoms. The standard InChI is InChI=1S/C29H45N4O5/c1-2-3-4-5-6-7-8-9-13-27(38-28-17-15-25(16-18-28)29-30-32-33-31-29)14-11-10-12-26(35)19-21-36-23-24-37-22-20-34/h15-18,27H,2-14,19,21-24H2,1H3,(H,30,31,32,33). The summed E-state index contributed by atoms with van der Waals surface area (Å²) in [7, 11) is 0. The van der Waals surface area contributed by atoms with Crippen LogP contribution in [0, 0.1) is 0 Å². The fourth-order valence-corrected chi connectivity index (χ4v) is 4.27. The zero-order valence-corrected chi connectivity index (χ0v) is 23.0. The number of aromatic amines is 1. The van der Waals surface area contributed by atoms with Crippen LogP contribution in [0.2, 0.25) is 0 Å². The Morgan fingerprint density at radius 3 is 2.24 bits per heavy atom. The van der Waals surface area contributed by atoms with E-state index in [0.717, 1.165) is 43.4 Å². The van der Waals surface area contributed by atoms with Gasteiger partial charge < -0.3 is 14.2 Å². The van der Waals surface area contributed by atoms with E-state index in [2.05, 4.69) is 27.5 Å². The SMILES string of the molecule is CCCCCCCCCCC(CCCCC(=O)CCOCCOC[C]=O)Oc1ccc(-c2nnn[nH]2)cc1. The minimum atomic E-state index is -0.0439. The summed E-state index contributed by atoms with van der Waals surface area (Å²) in [6.07, 6.45) is 16.8. The molecule has 9 nitrogen and oxygen atoms in total. The fraction of sp³-hybridized carbons (Fsp3) is 0.690. The highest BCUT2D eigenvalue weighted by Gasteiger charge is 2.12. The Morgan fingerprint density at radius 1 is 0.868 bits per heavy atom. The predicted molar refractivity (Wildman–Crippen MR) is 147 cm³/mol. The van der Waals surface area contributed by atoms with Crippen molar-refractivity contribution in [3.8, 4) is 17.1 Å². The van der Waals surface area contributed by atoms with E-state index in [-0.39, 0.29) is 18.5 Å². The number of hydrogen-bond donors (Lipinski definition) is 1. The number of hydrogen-bond acceptors (Lipinski definition) is 8. The molecule has 211 valence electrons. The lowest BCUT2D eigenvalue weighted by molar-refractivity contribution is -0.120. The molecule has 2 aromatic rings. The van der Waals surface area contributed by atoms with Gasteiger partial charge in [0, 0.05) is 18.4 Å². The van der Waals surface area contributed by atoms with Gasteiger partial charge in [-0.3, -0.25) is 9.59 Å². The molecule has 0 amide bonds. The summed E-state index contributed by atoms with van der Waals surface area (Å²) >= 11 is 0. The van der Waals surface area contributed by atoms with Crippen LogP contribution in [0.3, 0.4) is 0 Å². The lowest BCUT2D eigenvalue weighted by Gasteiger charge is -2.19. The van der Waals surface area contributed by atoms with Gasteiger partial charge in [-0.15, -0.1) is 5.10 Å². The quantitative estimate of drug-likeness (QED) is 0.160. The summed E-state index contributed by atoms with van der Waals surface area (Å²) in [5.74, 6) is 1.69. The Bertz CT molecular complexity index is 845. The van der Waals surface area contributed by atoms with Crippen molar-refractivity contribution in [3.05, 3.63) is 24.3 Å². The molecule has 0 spiro atoms. The first-order valence-electron chi connectivity index (χ1n) is 14.3. The number of rotatable bonds is 25. The highest BCUT2D eigenvalue weighted by atomic mass is 16.5. The number of H-pyrrole nitrogens is 1. The van der Waals surface area contributed by atoms with Gasteiger partial charge in [0.05, 0.1) is 25.9 Å². The number of nitrogens with one attached hydrogen (secondary N) is 1. The number of tetrazole rings is 1. The molecule has 2 rings (SSSR count). The van der Waals surface area contributed by atoms with Crippen LogP contribution in [0.5, 0.6) is 5.75 Å². The maximum Gasteiger partial charge on any atom is 0.226 e. The van der Waals surface area contributed by atoms with Crippen LogP contribution in [0.4, 0.5) is 0 Å². The third-order valence-electron chi connectivity index (χ3n) is 6.45. The van der Waals surface area contributed by atoms with Crippen LogP contribution in [0.1, 0.15) is 96.8 Å². The number of carbonyl (C=O) groups is 1. The number of unbranched alkanes of at least 4 members (excludes halogenated alkanes) is 8. The van der Waals surface area contributed by atoms with Gasteiger partial charge in [-0.05, 0) is 66.8 Å². The first kappa shape index (κ1) is 31.6. The number of carbonyl (C=O) groups excluding carboxylic acids is 2. The van der Waals surface area contributed by atoms with Gasteiger partial charge in [-0.1, -0.05) is 51.9 Å². The number of ether oxygens (including phenoxy) is 3. The Kier molecular flexibility index (Phi) is 17.7. The van der Waals surface area contributed by atoms with Gasteiger partial charge in [0.25, 0.3) is 0 Å². The van der Waals surface area contributed by atoms with Crippen LogP contribution in [-0.4, -0.2) is 65.2 Å². The van der Waals surface area contributed by atoms with Crippen molar-refractivity contribution in [1.82, 2.24) is 20.6 Å². The Balaban J connectivity index is 1.69. The third kappa shape index (κ3) is 14.9. The highest BCUT2D eigenvalue weighted by molar-refractivity contribution is 5.78. The monoisotopic (exact) mass is 529 g/mol. The summed E-state index contributed by atoms with van der Waals surface area (Å²) in [5.41, 5.74) is 0.913. The molecule has 0 aliphatic carbocycles. The number of Topliss-reactive ketones (excluding diaryl/α,β-unsaturated/α-hetero) is 1. The Hall–Kier alpha value is -2.65. The molecule has 1 N–H and O–H groups in total. The van der Waals surface area contributed by atoms with Crippen LogP contribution < -0.4 is 4.74 Å². The summed E-state index contributed by atoms with van der Waals surface area (Å²) in [6, 6.07) is 7.84. The van der Waals surface area contributed by atoms with Crippen molar-refractivity contribution in [1.29, 1.82) is 0 Å². The number of aromatic nitrogens is 4. The molecule has 1 aromatic carbocycles. The lowest BCUT2D eigenvalue weighted by Crippen LogP contribution is -2.17. The van der Waals surface area contributed by atoms with Crippen molar-refractivity contribution in [2.75, 3.05) is 26.4 Å². The summed E-state index contributed by atoms with van der Waals surface area (Å²) in [4.78, 5) is 22.2. The molecule has 1 unspecified atom stereocenters. The molecule has 0 aliphatic rings. The third-order valence-corrected chi connectivity index (χ3v) is 6.45. The normalized spacial score (nSPS) is 11.9. The average Bonchev–Trinajstić information content (AvgIpc) is 3.47. The number of nitrogens with zero attached hydrogens (tertiary/aromatic N) is 3. The smallest absolute Gasteiger partial charge is 0.226 e. The molecule has 0 bridgehead atoms. The number of benzene rings is 1. The van der Waals surface area contributed by atoms with Gasteiger partial charge in [0.15, 0.2) is 5.82 Å². The van der Waals surface area contributed by atoms with Gasteiger partial charge in [-0.2, -0.15) is 0 Å². The van der Waals surface area contributed by atoms with E-state index in [4.69, 9.17) is 14.2 Å². The highest BCUT2D eigenvalue weighted by Crippen LogP contribution is 2.23. The second-order valence-corrected chi connectivity index (χ2v) is 9.62. The lowest BCUT2D eigenvalue weighted by atomic mass is 10.0. The van der Waals surface area contributed by atoms with E-state index < -0.39 is 0 Å². The second-order valence-electron chi connectivity index (χ2n) is 9.62. The molecule has 9 heteroatoms. The topological polar surface area (TPSA) is 116 Å². The second kappa shape index (κ2) is 21.3. The van der Waals surface area contributed by atoms with Crippen molar-refractivity contribution >= 4 is 12.1 Å². The maximum atomic E-state index is 12.2. The molecular weight excluding hydrogens is 484 g/mol. The van der Waals surface area contributed by atoms with Crippen molar-refractivity contribution in [2.24, 2.45) is 0 Å². The van der Waals surface area contributed by atoms with Crippen molar-refractivity contribution in [2.45, 2.75) is 103 Å². The van der Waals surface area contributed by atoms with Crippen molar-refractivity contribution < 1.29 is 23.8 Å². The average molecular weight is 530 g/mol. The molecule has 1 atom stereocenters. The zero-order valence-electron chi connectivity index (χ0n) is 23.0. The minimum Gasteiger partial charge on any atom is -0.490 e. The van der Waals surface area contributed by atoms with E-state index in [9.17, 15) is 9.59 Å². The Morgan fingerprint density at radius 2 is 1.55 bits per heavy atom. The molecule has 1 aromatic heterocycles. The zero-order chi connectivity index (χ0) is 27.1. The molecule has 0 saturated heterocycles. The van der Waals surface area contributed by atoms with Gasteiger partial charge in [0.1, 0.15) is 18.1 Å². The number of ketones is 1. The van der Waals surface area contributed by atoms with E-state index in [1.54, 1.807) is 6.29 Å². The predicted octanol–water partition coefficient (Wildman–Crippen LogP) is 5.81.